The van der Waals surface area contributed by atoms with Crippen molar-refractivity contribution < 1.29 is 14.2 Å². The van der Waals surface area contributed by atoms with Gasteiger partial charge in [-0.25, -0.2) is 0 Å². The number of ether oxygens (including phenoxy) is 3. The Balaban J connectivity index is 2.60. The summed E-state index contributed by atoms with van der Waals surface area (Å²) in [6.45, 7) is 7.71. The number of nitrogens with two attached hydrogens (primary N) is 1. The summed E-state index contributed by atoms with van der Waals surface area (Å²) in [7, 11) is 0. The van der Waals surface area contributed by atoms with Crippen molar-refractivity contribution >= 4 is 5.69 Å². The summed E-state index contributed by atoms with van der Waals surface area (Å²) in [5.74, 6) is 0.931. The smallest absolute Gasteiger partial charge is 0.240 e. The van der Waals surface area contributed by atoms with Gasteiger partial charge in [0.05, 0.1) is 18.9 Å². The molecule has 0 amide bonds. The molecule has 1 heterocycles. The van der Waals surface area contributed by atoms with E-state index in [2.05, 4.69) is 4.98 Å². The van der Waals surface area contributed by atoms with Gasteiger partial charge in [0.2, 0.25) is 11.8 Å². The van der Waals surface area contributed by atoms with Gasteiger partial charge in [-0.3, -0.25) is 0 Å². The Hall–Kier alpha value is -1.49. The largest absolute Gasteiger partial charge is 0.476 e. The molecule has 18 heavy (non-hydrogen) atoms. The number of hydrogen-bond acceptors (Lipinski definition) is 5. The van der Waals surface area contributed by atoms with Crippen molar-refractivity contribution in [1.29, 1.82) is 0 Å². The van der Waals surface area contributed by atoms with Crippen LogP contribution in [0, 0.1) is 0 Å². The second-order valence-corrected chi connectivity index (χ2v) is 3.98. The minimum absolute atomic E-state index is 0.0555. The normalized spacial score (nSPS) is 12.2. The number of aromatic nitrogens is 1. The first-order valence-corrected chi connectivity index (χ1v) is 6.31. The average molecular weight is 254 g/mol. The molecule has 0 aromatic carbocycles. The van der Waals surface area contributed by atoms with Crippen LogP contribution in [0.25, 0.3) is 0 Å². The van der Waals surface area contributed by atoms with E-state index >= 15 is 0 Å². The van der Waals surface area contributed by atoms with Crippen LogP contribution < -0.4 is 15.2 Å². The fraction of sp³-hybridized carbons (Fsp3) is 0.615. The van der Waals surface area contributed by atoms with Crippen molar-refractivity contribution in [2.45, 2.75) is 33.3 Å². The Morgan fingerprint density at radius 2 is 2.11 bits per heavy atom. The van der Waals surface area contributed by atoms with Gasteiger partial charge in [0.25, 0.3) is 0 Å². The average Bonchev–Trinajstić information content (AvgIpc) is 2.37. The Bertz CT molecular complexity index is 358. The van der Waals surface area contributed by atoms with Crippen LogP contribution in [0.3, 0.4) is 0 Å². The Morgan fingerprint density at radius 1 is 1.33 bits per heavy atom. The molecule has 2 N–H and O–H groups in total. The monoisotopic (exact) mass is 254 g/mol. The van der Waals surface area contributed by atoms with Crippen molar-refractivity contribution in [2.75, 3.05) is 25.6 Å². The molecule has 102 valence electrons. The van der Waals surface area contributed by atoms with Crippen LogP contribution >= 0.6 is 0 Å². The van der Waals surface area contributed by atoms with Crippen molar-refractivity contribution in [2.24, 2.45) is 0 Å². The van der Waals surface area contributed by atoms with E-state index in [9.17, 15) is 0 Å². The summed E-state index contributed by atoms with van der Waals surface area (Å²) in [6, 6.07) is 3.47. The first-order valence-electron chi connectivity index (χ1n) is 6.31. The number of nitrogen functional groups attached to an aromatic ring is 1. The van der Waals surface area contributed by atoms with Crippen LogP contribution in [0.15, 0.2) is 12.1 Å². The second kappa shape index (κ2) is 7.76. The predicted octanol–water partition coefficient (Wildman–Crippen LogP) is 2.26. The summed E-state index contributed by atoms with van der Waals surface area (Å²) in [4.78, 5) is 4.23. The van der Waals surface area contributed by atoms with Crippen LogP contribution in [-0.2, 0) is 4.74 Å². The lowest BCUT2D eigenvalue weighted by Crippen LogP contribution is -2.19. The van der Waals surface area contributed by atoms with E-state index < -0.39 is 0 Å². The lowest BCUT2D eigenvalue weighted by atomic mass is 10.4. The maximum Gasteiger partial charge on any atom is 0.240 e. The van der Waals surface area contributed by atoms with Crippen LogP contribution in [0.5, 0.6) is 11.8 Å². The van der Waals surface area contributed by atoms with E-state index in [1.165, 1.54) is 0 Å². The first kappa shape index (κ1) is 14.6. The van der Waals surface area contributed by atoms with E-state index in [1.54, 1.807) is 12.1 Å². The Labute approximate surface area is 108 Å². The maximum absolute atomic E-state index is 5.77. The minimum Gasteiger partial charge on any atom is -0.476 e. The van der Waals surface area contributed by atoms with E-state index in [0.29, 0.717) is 37.3 Å². The molecule has 0 aliphatic rings. The number of pyridine rings is 1. The molecule has 0 saturated heterocycles. The van der Waals surface area contributed by atoms with E-state index in [0.717, 1.165) is 6.42 Å². The molecular weight excluding hydrogens is 232 g/mol. The summed E-state index contributed by atoms with van der Waals surface area (Å²) < 4.78 is 16.3. The van der Waals surface area contributed by atoms with Crippen LogP contribution in [0.1, 0.15) is 27.2 Å². The molecule has 1 unspecified atom stereocenters. The molecule has 0 spiro atoms. The summed E-state index contributed by atoms with van der Waals surface area (Å²) in [5.41, 5.74) is 6.30. The van der Waals surface area contributed by atoms with Gasteiger partial charge in [-0.05, 0) is 26.3 Å². The Kier molecular flexibility index (Phi) is 6.28. The van der Waals surface area contributed by atoms with Gasteiger partial charge < -0.3 is 19.9 Å². The SMILES string of the molecule is CCCOc1nc(OC(C)COCC)ccc1N. The molecule has 1 aromatic heterocycles. The van der Waals surface area contributed by atoms with Crippen molar-refractivity contribution in [3.05, 3.63) is 12.1 Å². The molecule has 5 nitrogen and oxygen atoms in total. The number of nitrogens with zero attached hydrogens (tertiary/aromatic N) is 1. The van der Waals surface area contributed by atoms with Gasteiger partial charge in [0.1, 0.15) is 6.10 Å². The lowest BCUT2D eigenvalue weighted by Gasteiger charge is -2.15. The molecule has 0 aliphatic carbocycles. The molecule has 0 saturated carbocycles. The summed E-state index contributed by atoms with van der Waals surface area (Å²) in [6.07, 6.45) is 0.854. The topological polar surface area (TPSA) is 66.6 Å². The summed E-state index contributed by atoms with van der Waals surface area (Å²) in [5, 5.41) is 0. The van der Waals surface area contributed by atoms with E-state index in [4.69, 9.17) is 19.9 Å². The fourth-order valence-corrected chi connectivity index (χ4v) is 1.34. The zero-order chi connectivity index (χ0) is 13.4. The van der Waals surface area contributed by atoms with Crippen molar-refractivity contribution in [3.63, 3.8) is 0 Å². The molecule has 1 aromatic rings. The van der Waals surface area contributed by atoms with Crippen molar-refractivity contribution in [1.82, 2.24) is 4.98 Å². The van der Waals surface area contributed by atoms with Gasteiger partial charge in [0.15, 0.2) is 0 Å². The maximum atomic E-state index is 5.77. The fourth-order valence-electron chi connectivity index (χ4n) is 1.34. The van der Waals surface area contributed by atoms with Gasteiger partial charge in [-0.1, -0.05) is 6.92 Å². The van der Waals surface area contributed by atoms with Gasteiger partial charge in [-0.2, -0.15) is 4.98 Å². The molecule has 0 aliphatic heterocycles. The number of hydrogen-bond donors (Lipinski definition) is 1. The summed E-state index contributed by atoms with van der Waals surface area (Å²) >= 11 is 0. The van der Waals surface area contributed by atoms with Crippen molar-refractivity contribution in [3.8, 4) is 11.8 Å². The Morgan fingerprint density at radius 3 is 2.78 bits per heavy atom. The molecular formula is C13H22N2O3. The van der Waals surface area contributed by atoms with Crippen LogP contribution in [0.2, 0.25) is 0 Å². The second-order valence-electron chi connectivity index (χ2n) is 3.98. The third kappa shape index (κ3) is 4.79. The predicted molar refractivity (Wildman–Crippen MR) is 71.0 cm³/mol. The van der Waals surface area contributed by atoms with Gasteiger partial charge >= 0.3 is 0 Å². The third-order valence-corrected chi connectivity index (χ3v) is 2.19. The number of anilines is 1. The minimum atomic E-state index is -0.0555. The molecule has 0 radical (unpaired) electrons. The van der Waals surface area contributed by atoms with Gasteiger partial charge in [-0.15, -0.1) is 0 Å². The molecule has 0 bridgehead atoms. The molecule has 0 fully saturated rings. The zero-order valence-electron chi connectivity index (χ0n) is 11.3. The highest BCUT2D eigenvalue weighted by Gasteiger charge is 2.08. The van der Waals surface area contributed by atoms with E-state index in [-0.39, 0.29) is 6.10 Å². The molecule has 5 heteroatoms. The highest BCUT2D eigenvalue weighted by Crippen LogP contribution is 2.22. The standard InChI is InChI=1S/C13H22N2O3/c1-4-8-17-13-11(14)6-7-12(15-13)18-10(3)9-16-5-2/h6-7,10H,4-5,8-9,14H2,1-3H3. The highest BCUT2D eigenvalue weighted by atomic mass is 16.5. The van der Waals surface area contributed by atoms with Crippen LogP contribution in [-0.4, -0.2) is 30.9 Å². The van der Waals surface area contributed by atoms with E-state index in [1.807, 2.05) is 20.8 Å². The quantitative estimate of drug-likeness (QED) is 0.770. The van der Waals surface area contributed by atoms with Crippen LogP contribution in [0.4, 0.5) is 5.69 Å². The first-order chi connectivity index (χ1) is 8.67. The highest BCUT2D eigenvalue weighted by molar-refractivity contribution is 5.49. The van der Waals surface area contributed by atoms with Gasteiger partial charge in [0, 0.05) is 12.7 Å². The third-order valence-electron chi connectivity index (χ3n) is 2.19. The lowest BCUT2D eigenvalue weighted by molar-refractivity contribution is 0.0630. The zero-order valence-corrected chi connectivity index (χ0v) is 11.3. The molecule has 1 atom stereocenters. The molecule has 1 rings (SSSR count). The number of rotatable bonds is 8.